The van der Waals surface area contributed by atoms with Gasteiger partial charge in [-0.25, -0.2) is 4.79 Å². The number of rotatable bonds is 20. The number of esters is 1. The molecule has 0 bridgehead atoms. The number of benzene rings is 1. The summed E-state index contributed by atoms with van der Waals surface area (Å²) in [6.45, 7) is 4.58. The van der Waals surface area contributed by atoms with Gasteiger partial charge in [0, 0.05) is 6.08 Å². The molecule has 194 valence electrons. The van der Waals surface area contributed by atoms with E-state index >= 15 is 0 Å². The van der Waals surface area contributed by atoms with E-state index in [1.807, 2.05) is 18.2 Å². The van der Waals surface area contributed by atoms with E-state index in [-0.39, 0.29) is 6.61 Å². The molecule has 0 unspecified atom stereocenters. The Morgan fingerprint density at radius 2 is 1.53 bits per heavy atom. The zero-order valence-electron chi connectivity index (χ0n) is 21.7. The van der Waals surface area contributed by atoms with Crippen LogP contribution >= 0.6 is 0 Å². The quantitative estimate of drug-likeness (QED) is 0.133. The Labute approximate surface area is 206 Å². The molecular weight excluding hydrogens is 432 g/mol. The number of carbonyl (C=O) groups excluding carboxylic acids is 1. The predicted molar refractivity (Wildman–Crippen MR) is 136 cm³/mol. The fourth-order valence-electron chi connectivity index (χ4n) is 3.83. The van der Waals surface area contributed by atoms with Crippen molar-refractivity contribution in [3.8, 4) is 11.5 Å². The highest BCUT2D eigenvalue weighted by Crippen LogP contribution is 2.28. The van der Waals surface area contributed by atoms with E-state index in [1.54, 1.807) is 27.2 Å². The average Bonchev–Trinajstić information content (AvgIpc) is 2.85. The summed E-state index contributed by atoms with van der Waals surface area (Å²) in [5.41, 5.74) is 0.887. The van der Waals surface area contributed by atoms with Crippen LogP contribution in [0.25, 0.3) is 0 Å². The molecular formula is C28H46O6. The number of methoxy groups -OCH3 is 2. The molecule has 0 heterocycles. The van der Waals surface area contributed by atoms with Crippen molar-refractivity contribution in [2.75, 3.05) is 20.8 Å². The summed E-state index contributed by atoms with van der Waals surface area (Å²) < 4.78 is 21.6. The first-order valence-corrected chi connectivity index (χ1v) is 12.9. The van der Waals surface area contributed by atoms with Gasteiger partial charge >= 0.3 is 5.97 Å². The van der Waals surface area contributed by atoms with Crippen molar-refractivity contribution >= 4 is 5.97 Å². The predicted octanol–water partition coefficient (Wildman–Crippen LogP) is 6.38. The zero-order valence-corrected chi connectivity index (χ0v) is 21.7. The van der Waals surface area contributed by atoms with E-state index in [0.29, 0.717) is 24.5 Å². The number of hydrogen-bond acceptors (Lipinski definition) is 6. The molecule has 1 N–H and O–H groups in total. The Morgan fingerprint density at radius 3 is 2.12 bits per heavy atom. The first-order chi connectivity index (χ1) is 16.5. The van der Waals surface area contributed by atoms with Gasteiger partial charge in [-0.2, -0.15) is 0 Å². The highest BCUT2D eigenvalue weighted by molar-refractivity contribution is 5.81. The van der Waals surface area contributed by atoms with Crippen molar-refractivity contribution in [3.63, 3.8) is 0 Å². The topological polar surface area (TPSA) is 74.2 Å². The molecule has 0 saturated heterocycles. The summed E-state index contributed by atoms with van der Waals surface area (Å²) >= 11 is 0. The Balaban J connectivity index is 2.52. The normalized spacial score (nSPS) is 13.1. The monoisotopic (exact) mass is 478 g/mol. The lowest BCUT2D eigenvalue weighted by atomic mass is 10.0. The molecule has 0 amide bonds. The molecule has 2 atom stereocenters. The highest BCUT2D eigenvalue weighted by atomic mass is 16.5. The molecule has 0 fully saturated rings. The molecule has 0 radical (unpaired) electrons. The van der Waals surface area contributed by atoms with Gasteiger partial charge in [0.1, 0.15) is 6.10 Å². The molecule has 0 aliphatic heterocycles. The summed E-state index contributed by atoms with van der Waals surface area (Å²) in [7, 11) is 3.18. The van der Waals surface area contributed by atoms with Gasteiger partial charge in [-0.3, -0.25) is 0 Å². The molecule has 1 rings (SSSR count). The second-order valence-electron chi connectivity index (χ2n) is 8.61. The van der Waals surface area contributed by atoms with Gasteiger partial charge in [-0.05, 0) is 37.1 Å². The van der Waals surface area contributed by atoms with Crippen LogP contribution in [0.2, 0.25) is 0 Å². The second-order valence-corrected chi connectivity index (χ2v) is 8.61. The average molecular weight is 479 g/mol. The number of ether oxygens (including phenoxy) is 4. The number of unbranched alkanes of at least 4 members (excludes halogenated alkanes) is 9. The third-order valence-corrected chi connectivity index (χ3v) is 5.83. The molecule has 6 heteroatoms. The van der Waals surface area contributed by atoms with E-state index in [4.69, 9.17) is 18.9 Å². The van der Waals surface area contributed by atoms with Crippen LogP contribution in [0, 0.1) is 0 Å². The van der Waals surface area contributed by atoms with Gasteiger partial charge in [0.25, 0.3) is 0 Å². The maximum absolute atomic E-state index is 11.8. The van der Waals surface area contributed by atoms with Gasteiger partial charge in [0.05, 0.1) is 33.5 Å². The molecule has 0 aliphatic rings. The lowest BCUT2D eigenvalue weighted by Crippen LogP contribution is -2.27. The number of carbonyl (C=O) groups is 1. The van der Waals surface area contributed by atoms with E-state index in [0.717, 1.165) is 18.4 Å². The summed E-state index contributed by atoms with van der Waals surface area (Å²) in [6.07, 6.45) is 14.7. The third-order valence-electron chi connectivity index (χ3n) is 5.83. The van der Waals surface area contributed by atoms with Crippen molar-refractivity contribution in [1.82, 2.24) is 0 Å². The fraction of sp³-hybridized carbons (Fsp3) is 0.679. The molecule has 0 aromatic heterocycles. The molecule has 0 saturated carbocycles. The van der Waals surface area contributed by atoms with E-state index in [1.165, 1.54) is 57.4 Å². The minimum atomic E-state index is -0.695. The highest BCUT2D eigenvalue weighted by Gasteiger charge is 2.18. The minimum Gasteiger partial charge on any atom is -0.493 e. The van der Waals surface area contributed by atoms with Crippen molar-refractivity contribution in [2.45, 2.75) is 103 Å². The van der Waals surface area contributed by atoms with Crippen LogP contribution in [0.5, 0.6) is 11.5 Å². The van der Waals surface area contributed by atoms with Gasteiger partial charge < -0.3 is 24.1 Å². The molecule has 0 aliphatic carbocycles. The van der Waals surface area contributed by atoms with Gasteiger partial charge in [-0.15, -0.1) is 0 Å². The largest absolute Gasteiger partial charge is 0.493 e. The smallest absolute Gasteiger partial charge is 0.330 e. The fourth-order valence-corrected chi connectivity index (χ4v) is 3.83. The standard InChI is InChI=1S/C28H46O6/c1-5-7-8-9-10-11-12-13-14-15-16-24(29)25(19-20-28(30)33-6-2)34-22-23-17-18-26(31-3)27(21-23)32-4/h17-21,24-25,29H,5-16,22H2,1-4H3/b20-19+/t24-,25-/m1/s1. The van der Waals surface area contributed by atoms with Crippen molar-refractivity contribution in [3.05, 3.63) is 35.9 Å². The molecule has 6 nitrogen and oxygen atoms in total. The van der Waals surface area contributed by atoms with E-state index in [9.17, 15) is 9.90 Å². The summed E-state index contributed by atoms with van der Waals surface area (Å²) in [5.74, 6) is 0.826. The molecule has 0 spiro atoms. The second kappa shape index (κ2) is 19.3. The summed E-state index contributed by atoms with van der Waals surface area (Å²) in [6, 6.07) is 5.56. The van der Waals surface area contributed by atoms with Crippen LogP contribution < -0.4 is 9.47 Å². The Morgan fingerprint density at radius 1 is 0.912 bits per heavy atom. The van der Waals surface area contributed by atoms with Crippen LogP contribution in [0.1, 0.15) is 90.0 Å². The molecule has 1 aromatic rings. The van der Waals surface area contributed by atoms with Crippen LogP contribution in [0.3, 0.4) is 0 Å². The van der Waals surface area contributed by atoms with E-state index in [2.05, 4.69) is 6.92 Å². The Kier molecular flexibility index (Phi) is 17.0. The van der Waals surface area contributed by atoms with Crippen LogP contribution in [0.4, 0.5) is 0 Å². The van der Waals surface area contributed by atoms with Gasteiger partial charge in [-0.1, -0.05) is 77.2 Å². The summed E-state index contributed by atoms with van der Waals surface area (Å²) in [5, 5.41) is 10.8. The minimum absolute atomic E-state index is 0.271. The van der Waals surface area contributed by atoms with Gasteiger partial charge in [0.2, 0.25) is 0 Å². The Hall–Kier alpha value is -2.05. The van der Waals surface area contributed by atoms with Crippen LogP contribution in [-0.2, 0) is 20.9 Å². The first kappa shape index (κ1) is 30.0. The lowest BCUT2D eigenvalue weighted by molar-refractivity contribution is -0.137. The van der Waals surface area contributed by atoms with Crippen molar-refractivity contribution in [2.24, 2.45) is 0 Å². The summed E-state index contributed by atoms with van der Waals surface area (Å²) in [4.78, 5) is 11.8. The van der Waals surface area contributed by atoms with E-state index < -0.39 is 18.2 Å². The van der Waals surface area contributed by atoms with Crippen LogP contribution in [-0.4, -0.2) is 44.1 Å². The van der Waals surface area contributed by atoms with Crippen molar-refractivity contribution in [1.29, 1.82) is 0 Å². The lowest BCUT2D eigenvalue weighted by Gasteiger charge is -2.21. The number of hydrogen-bond donors (Lipinski definition) is 1. The molecule has 34 heavy (non-hydrogen) atoms. The van der Waals surface area contributed by atoms with Crippen LogP contribution in [0.15, 0.2) is 30.4 Å². The number of aliphatic hydroxyl groups is 1. The third kappa shape index (κ3) is 13.0. The van der Waals surface area contributed by atoms with Gasteiger partial charge in [0.15, 0.2) is 11.5 Å². The Bertz CT molecular complexity index is 687. The SMILES string of the molecule is CCCCCCCCCCCC[C@@H](O)[C@@H](/C=C/C(=O)OCC)OCc1ccc(OC)c(OC)c1. The maximum atomic E-state index is 11.8. The van der Waals surface area contributed by atoms with Crippen molar-refractivity contribution < 1.29 is 28.8 Å². The zero-order chi connectivity index (χ0) is 25.0. The number of aliphatic hydroxyl groups excluding tert-OH is 1. The molecule has 1 aromatic carbocycles. The first-order valence-electron chi connectivity index (χ1n) is 12.9. The maximum Gasteiger partial charge on any atom is 0.330 e.